The molecule has 21 heavy (non-hydrogen) atoms. The standard InChI is InChI=1S/C16H12BrCl2NO/c17-11-3-1-2-10-8-15(21-16(10)11)14(20)7-9-4-5-12(18)13(19)6-9/h1-6,8,14H,7,20H2. The van der Waals surface area contributed by atoms with E-state index in [4.69, 9.17) is 33.4 Å². The molecule has 3 aromatic rings. The van der Waals surface area contributed by atoms with Crippen LogP contribution >= 0.6 is 39.1 Å². The third-order valence-electron chi connectivity index (χ3n) is 3.32. The summed E-state index contributed by atoms with van der Waals surface area (Å²) in [6.07, 6.45) is 0.633. The summed E-state index contributed by atoms with van der Waals surface area (Å²) in [6.45, 7) is 0. The Morgan fingerprint density at radius 3 is 2.62 bits per heavy atom. The van der Waals surface area contributed by atoms with Crippen molar-refractivity contribution in [3.63, 3.8) is 0 Å². The molecule has 2 aromatic carbocycles. The zero-order chi connectivity index (χ0) is 15.0. The Hall–Kier alpha value is -1.00. The number of fused-ring (bicyclic) bond motifs is 1. The predicted molar refractivity (Wildman–Crippen MR) is 91.0 cm³/mol. The molecule has 0 saturated heterocycles. The molecule has 3 rings (SSSR count). The minimum atomic E-state index is -0.235. The van der Waals surface area contributed by atoms with E-state index in [0.29, 0.717) is 16.5 Å². The summed E-state index contributed by atoms with van der Waals surface area (Å²) >= 11 is 15.4. The van der Waals surface area contributed by atoms with Crippen LogP contribution in [0.2, 0.25) is 10.0 Å². The van der Waals surface area contributed by atoms with Gasteiger partial charge in [0.1, 0.15) is 11.3 Å². The molecular formula is C16H12BrCl2NO. The van der Waals surface area contributed by atoms with Gasteiger partial charge in [-0.3, -0.25) is 0 Å². The summed E-state index contributed by atoms with van der Waals surface area (Å²) in [6, 6.07) is 13.2. The van der Waals surface area contributed by atoms with Crippen LogP contribution in [0.4, 0.5) is 0 Å². The molecule has 5 heteroatoms. The first-order valence-electron chi connectivity index (χ1n) is 6.42. The topological polar surface area (TPSA) is 39.2 Å². The molecule has 108 valence electrons. The van der Waals surface area contributed by atoms with Gasteiger partial charge in [-0.15, -0.1) is 0 Å². The van der Waals surface area contributed by atoms with Crippen molar-refractivity contribution in [2.45, 2.75) is 12.5 Å². The second-order valence-electron chi connectivity index (χ2n) is 4.87. The van der Waals surface area contributed by atoms with Crippen LogP contribution in [0.15, 0.2) is 51.4 Å². The Kier molecular flexibility index (Phi) is 4.27. The molecule has 1 atom stereocenters. The number of hydrogen-bond donors (Lipinski definition) is 1. The van der Waals surface area contributed by atoms with Crippen LogP contribution in [-0.2, 0) is 6.42 Å². The highest BCUT2D eigenvalue weighted by molar-refractivity contribution is 9.10. The van der Waals surface area contributed by atoms with Gasteiger partial charge in [-0.05, 0) is 52.2 Å². The molecule has 0 aliphatic heterocycles. The van der Waals surface area contributed by atoms with Crippen molar-refractivity contribution in [2.75, 3.05) is 0 Å². The third kappa shape index (κ3) is 3.11. The zero-order valence-electron chi connectivity index (χ0n) is 10.9. The number of halogens is 3. The van der Waals surface area contributed by atoms with Gasteiger partial charge in [0, 0.05) is 5.39 Å². The second-order valence-corrected chi connectivity index (χ2v) is 6.53. The molecule has 1 aromatic heterocycles. The number of benzene rings is 2. The maximum Gasteiger partial charge on any atom is 0.148 e. The van der Waals surface area contributed by atoms with E-state index in [-0.39, 0.29) is 6.04 Å². The Labute approximate surface area is 141 Å². The Morgan fingerprint density at radius 2 is 1.90 bits per heavy atom. The van der Waals surface area contributed by atoms with E-state index >= 15 is 0 Å². The molecule has 2 N–H and O–H groups in total. The smallest absolute Gasteiger partial charge is 0.148 e. The number of hydrogen-bond acceptors (Lipinski definition) is 2. The van der Waals surface area contributed by atoms with Crippen LogP contribution in [0.3, 0.4) is 0 Å². The summed E-state index contributed by atoms with van der Waals surface area (Å²) in [5.41, 5.74) is 8.09. The van der Waals surface area contributed by atoms with Gasteiger partial charge in [0.05, 0.1) is 20.6 Å². The third-order valence-corrected chi connectivity index (χ3v) is 4.68. The normalized spacial score (nSPS) is 12.8. The lowest BCUT2D eigenvalue weighted by Gasteiger charge is -2.09. The van der Waals surface area contributed by atoms with Crippen molar-refractivity contribution in [2.24, 2.45) is 5.73 Å². The average molecular weight is 385 g/mol. The molecule has 0 saturated carbocycles. The number of rotatable bonds is 3. The number of para-hydroxylation sites is 1. The van der Waals surface area contributed by atoms with Crippen molar-refractivity contribution in [3.05, 3.63) is 68.3 Å². The molecule has 0 spiro atoms. The Bertz CT molecular complexity index is 800. The van der Waals surface area contributed by atoms with Crippen LogP contribution in [0, 0.1) is 0 Å². The predicted octanol–water partition coefficient (Wildman–Crippen LogP) is 5.74. The largest absolute Gasteiger partial charge is 0.458 e. The van der Waals surface area contributed by atoms with Crippen molar-refractivity contribution in [1.82, 2.24) is 0 Å². The quantitative estimate of drug-likeness (QED) is 0.624. The lowest BCUT2D eigenvalue weighted by Crippen LogP contribution is -2.12. The van der Waals surface area contributed by atoms with E-state index in [2.05, 4.69) is 15.9 Å². The second kappa shape index (κ2) is 6.01. The van der Waals surface area contributed by atoms with Crippen molar-refractivity contribution in [3.8, 4) is 0 Å². The maximum absolute atomic E-state index is 6.24. The molecule has 0 aliphatic rings. The average Bonchev–Trinajstić information content (AvgIpc) is 2.89. The molecule has 0 bridgehead atoms. The van der Waals surface area contributed by atoms with Gasteiger partial charge in [-0.25, -0.2) is 0 Å². The minimum absolute atomic E-state index is 0.235. The van der Waals surface area contributed by atoms with E-state index in [1.54, 1.807) is 6.07 Å². The highest BCUT2D eigenvalue weighted by Gasteiger charge is 2.14. The summed E-state index contributed by atoms with van der Waals surface area (Å²) in [5, 5.41) is 2.11. The van der Waals surface area contributed by atoms with Gasteiger partial charge in [0.25, 0.3) is 0 Å². The maximum atomic E-state index is 6.24. The van der Waals surface area contributed by atoms with E-state index in [1.165, 1.54) is 0 Å². The van der Waals surface area contributed by atoms with Gasteiger partial charge in [0.15, 0.2) is 0 Å². The fraction of sp³-hybridized carbons (Fsp3) is 0.125. The van der Waals surface area contributed by atoms with Crippen molar-refractivity contribution in [1.29, 1.82) is 0 Å². The molecule has 1 heterocycles. The summed E-state index contributed by atoms with van der Waals surface area (Å²) in [7, 11) is 0. The van der Waals surface area contributed by atoms with Crippen LogP contribution in [0.25, 0.3) is 11.0 Å². The molecule has 0 amide bonds. The van der Waals surface area contributed by atoms with Crippen LogP contribution < -0.4 is 5.73 Å². The van der Waals surface area contributed by atoms with Crippen molar-refractivity contribution >= 4 is 50.1 Å². The van der Waals surface area contributed by atoms with E-state index in [9.17, 15) is 0 Å². The SMILES string of the molecule is NC(Cc1ccc(Cl)c(Cl)c1)c1cc2cccc(Br)c2o1. The van der Waals surface area contributed by atoms with Gasteiger partial charge in [-0.2, -0.15) is 0 Å². The number of nitrogens with two attached hydrogens (primary N) is 1. The van der Waals surface area contributed by atoms with Crippen LogP contribution in [0.1, 0.15) is 17.4 Å². The summed E-state index contributed by atoms with van der Waals surface area (Å²) < 4.78 is 6.78. The van der Waals surface area contributed by atoms with Crippen molar-refractivity contribution < 1.29 is 4.42 Å². The fourth-order valence-electron chi connectivity index (χ4n) is 2.25. The zero-order valence-corrected chi connectivity index (χ0v) is 14.0. The van der Waals surface area contributed by atoms with E-state index in [1.807, 2.05) is 36.4 Å². The fourth-order valence-corrected chi connectivity index (χ4v) is 3.03. The van der Waals surface area contributed by atoms with E-state index < -0.39 is 0 Å². The highest BCUT2D eigenvalue weighted by Crippen LogP contribution is 2.31. The number of furan rings is 1. The molecule has 0 fully saturated rings. The monoisotopic (exact) mass is 383 g/mol. The van der Waals surface area contributed by atoms with Gasteiger partial charge < -0.3 is 10.2 Å². The summed E-state index contributed by atoms with van der Waals surface area (Å²) in [4.78, 5) is 0. The highest BCUT2D eigenvalue weighted by atomic mass is 79.9. The molecule has 2 nitrogen and oxygen atoms in total. The minimum Gasteiger partial charge on any atom is -0.458 e. The molecule has 0 radical (unpaired) electrons. The lowest BCUT2D eigenvalue weighted by atomic mass is 10.0. The lowest BCUT2D eigenvalue weighted by molar-refractivity contribution is 0.493. The molecule has 1 unspecified atom stereocenters. The Morgan fingerprint density at radius 1 is 1.10 bits per heavy atom. The van der Waals surface area contributed by atoms with Gasteiger partial charge in [0.2, 0.25) is 0 Å². The van der Waals surface area contributed by atoms with Gasteiger partial charge >= 0.3 is 0 Å². The van der Waals surface area contributed by atoms with Crippen LogP contribution in [-0.4, -0.2) is 0 Å². The van der Waals surface area contributed by atoms with Gasteiger partial charge in [-0.1, -0.05) is 41.4 Å². The molecule has 0 aliphatic carbocycles. The Balaban J connectivity index is 1.87. The van der Waals surface area contributed by atoms with Crippen LogP contribution in [0.5, 0.6) is 0 Å². The van der Waals surface area contributed by atoms with E-state index in [0.717, 1.165) is 26.8 Å². The molecular weight excluding hydrogens is 373 g/mol. The first-order chi connectivity index (χ1) is 10.0. The first-order valence-corrected chi connectivity index (χ1v) is 7.97. The summed E-state index contributed by atoms with van der Waals surface area (Å²) in [5.74, 6) is 0.753. The first kappa shape index (κ1) is 14.9.